The van der Waals surface area contributed by atoms with E-state index < -0.39 is 71.8 Å². The molecule has 0 unspecified atom stereocenters. The van der Waals surface area contributed by atoms with Crippen LogP contribution in [0.4, 0.5) is 0 Å². The van der Waals surface area contributed by atoms with Crippen LogP contribution in [0, 0.1) is 11.3 Å². The van der Waals surface area contributed by atoms with E-state index in [0.717, 1.165) is 0 Å². The smallest absolute Gasteiger partial charge is 0.326 e. The van der Waals surface area contributed by atoms with Gasteiger partial charge in [-0.1, -0.05) is 26.0 Å². The van der Waals surface area contributed by atoms with Crippen LogP contribution in [-0.4, -0.2) is 107 Å². The first-order chi connectivity index (χ1) is 24.6. The normalized spacial score (nSPS) is 21.4. The summed E-state index contributed by atoms with van der Waals surface area (Å²) in [7, 11) is 0. The van der Waals surface area contributed by atoms with Gasteiger partial charge in [0.25, 0.3) is 0 Å². The third kappa shape index (κ3) is 15.2. The molecule has 1 aliphatic heterocycles. The summed E-state index contributed by atoms with van der Waals surface area (Å²) in [6, 6.07) is -1.56. The Bertz CT molecular complexity index is 1380. The zero-order chi connectivity index (χ0) is 38.8. The van der Waals surface area contributed by atoms with Gasteiger partial charge in [0.1, 0.15) is 36.0 Å². The molecule has 1 aromatic rings. The molecule has 1 saturated heterocycles. The van der Waals surface area contributed by atoms with Crippen molar-refractivity contribution in [2.24, 2.45) is 23.1 Å². The van der Waals surface area contributed by atoms with Crippen LogP contribution in [0.2, 0.25) is 0 Å². The van der Waals surface area contributed by atoms with Crippen molar-refractivity contribution in [3.8, 4) is 5.75 Å². The molecule has 15 N–H and O–H groups in total. The van der Waals surface area contributed by atoms with Gasteiger partial charge in [-0.25, -0.2) is 4.79 Å². The molecule has 0 saturated carbocycles. The molecular weight excluding hydrogens is 676 g/mol. The number of aromatic hydroxyl groups is 1. The average molecular weight is 733 g/mol. The van der Waals surface area contributed by atoms with E-state index in [1.54, 1.807) is 13.8 Å². The van der Waals surface area contributed by atoms with Crippen molar-refractivity contribution < 1.29 is 39.0 Å². The maximum absolute atomic E-state index is 13.9. The van der Waals surface area contributed by atoms with E-state index >= 15 is 0 Å². The first-order valence-corrected chi connectivity index (χ1v) is 17.6. The van der Waals surface area contributed by atoms with Gasteiger partial charge in [0.15, 0.2) is 0 Å². The molecule has 0 spiro atoms. The lowest BCUT2D eigenvalue weighted by molar-refractivity contribution is -0.142. The maximum Gasteiger partial charge on any atom is 0.326 e. The number of hydrogen-bond donors (Lipinski definition) is 12. The second kappa shape index (κ2) is 22.2. The first kappa shape index (κ1) is 43.4. The zero-order valence-corrected chi connectivity index (χ0v) is 29.9. The quantitative estimate of drug-likeness (QED) is 0.0778. The molecule has 1 aromatic carbocycles. The van der Waals surface area contributed by atoms with E-state index in [2.05, 4.69) is 31.9 Å². The topological polar surface area (TPSA) is 317 Å². The van der Waals surface area contributed by atoms with Crippen molar-refractivity contribution in [2.75, 3.05) is 19.6 Å². The fraction of sp³-hybridized carbons (Fsp3) is 0.618. The van der Waals surface area contributed by atoms with Crippen molar-refractivity contribution >= 4 is 41.3 Å². The van der Waals surface area contributed by atoms with Crippen LogP contribution >= 0.6 is 0 Å². The van der Waals surface area contributed by atoms with E-state index in [4.69, 9.17) is 22.6 Å². The number of nitrogens with two attached hydrogens (primary N) is 3. The summed E-state index contributed by atoms with van der Waals surface area (Å²) in [5.74, 6) is -5.31. The highest BCUT2D eigenvalue weighted by molar-refractivity contribution is 5.97. The van der Waals surface area contributed by atoms with Gasteiger partial charge in [0, 0.05) is 19.4 Å². The minimum absolute atomic E-state index is 0.0280. The summed E-state index contributed by atoms with van der Waals surface area (Å²) in [5.41, 5.74) is 17.9. The Kier molecular flexibility index (Phi) is 18.5. The average Bonchev–Trinajstić information content (AvgIpc) is 3.08. The number of rotatable bonds is 17. The number of phenolic OH excluding ortho intramolecular Hbond substituents is 1. The van der Waals surface area contributed by atoms with Gasteiger partial charge >= 0.3 is 5.97 Å². The molecule has 1 fully saturated rings. The number of phenols is 1. The molecule has 5 amide bonds. The molecule has 0 aliphatic carbocycles. The van der Waals surface area contributed by atoms with Gasteiger partial charge in [-0.15, -0.1) is 0 Å². The number of amides is 5. The highest BCUT2D eigenvalue weighted by atomic mass is 16.4. The summed E-state index contributed by atoms with van der Waals surface area (Å²) < 4.78 is 0. The zero-order valence-electron chi connectivity index (χ0n) is 29.9. The van der Waals surface area contributed by atoms with E-state index in [-0.39, 0.29) is 56.2 Å². The summed E-state index contributed by atoms with van der Waals surface area (Å²) in [6.07, 6.45) is 2.15. The fourth-order valence-electron chi connectivity index (χ4n) is 5.48. The highest BCUT2D eigenvalue weighted by Gasteiger charge is 2.34. The fourth-order valence-corrected chi connectivity index (χ4v) is 5.48. The summed E-state index contributed by atoms with van der Waals surface area (Å²) in [6.45, 7) is 3.93. The molecule has 52 heavy (non-hydrogen) atoms. The second-order valence-corrected chi connectivity index (χ2v) is 13.4. The first-order valence-electron chi connectivity index (χ1n) is 17.6. The molecular formula is C34H56N10O8. The molecule has 1 heterocycles. The van der Waals surface area contributed by atoms with Crippen LogP contribution in [0.1, 0.15) is 70.8 Å². The van der Waals surface area contributed by atoms with E-state index in [0.29, 0.717) is 44.3 Å². The lowest BCUT2D eigenvalue weighted by Crippen LogP contribution is -2.62. The Balaban J connectivity index is 2.45. The molecule has 1 aliphatic rings. The molecule has 18 heteroatoms. The third-order valence-corrected chi connectivity index (χ3v) is 8.40. The standard InChI is InChI=1S/C34H56N10O8/c1-19(2)15-26(34(51)52)43-32(49)25(16-20-9-11-21(45)12-10-20)42-33(50)27-18-39-28(38)17-22(37)29(46)40-23(7-3-5-13-35)30(47)41-24(31(48)44-27)8-4-6-14-36/h9-12,19,22-27,45H,3-8,13-18,35-37H2,1-2H3,(H2,38,39)(H,40,46)(H,41,47)(H,42,50)(H,43,49)(H,44,48)(H,51,52)/t22-,23-,24-,25-,26-,27-/m0/s1. The van der Waals surface area contributed by atoms with E-state index in [1.807, 2.05) is 0 Å². The molecule has 6 atom stereocenters. The van der Waals surface area contributed by atoms with Gasteiger partial charge < -0.3 is 59.3 Å². The highest BCUT2D eigenvalue weighted by Crippen LogP contribution is 2.13. The minimum atomic E-state index is -1.42. The number of amidine groups is 1. The number of carbonyl (C=O) groups excluding carboxylic acids is 5. The van der Waals surface area contributed by atoms with Crippen LogP contribution in [-0.2, 0) is 35.2 Å². The van der Waals surface area contributed by atoms with E-state index in [1.165, 1.54) is 24.3 Å². The predicted octanol–water partition coefficient (Wildman–Crippen LogP) is -1.95. The summed E-state index contributed by atoms with van der Waals surface area (Å²) in [4.78, 5) is 79.6. The third-order valence-electron chi connectivity index (χ3n) is 8.40. The van der Waals surface area contributed by atoms with Gasteiger partial charge in [0.2, 0.25) is 29.5 Å². The number of carboxylic acids is 1. The van der Waals surface area contributed by atoms with Crippen LogP contribution in [0.25, 0.3) is 0 Å². The van der Waals surface area contributed by atoms with Crippen LogP contribution in [0.5, 0.6) is 5.75 Å². The SMILES string of the molecule is CC(C)C[C@H](NC(=O)[C@H](Cc1ccc(O)cc1)NC(=O)[C@@H]1CNC(=N)C[C@H](N)C(=O)N[C@@H](CCCCN)C(=O)N[C@@H](CCCCN)C(=O)N1)C(=O)O. The van der Waals surface area contributed by atoms with Crippen molar-refractivity contribution in [1.82, 2.24) is 31.9 Å². The van der Waals surface area contributed by atoms with Gasteiger partial charge in [0.05, 0.1) is 11.9 Å². The maximum atomic E-state index is 13.9. The Labute approximate surface area is 303 Å². The largest absolute Gasteiger partial charge is 0.508 e. The molecule has 0 aromatic heterocycles. The van der Waals surface area contributed by atoms with Crippen LogP contribution < -0.4 is 49.1 Å². The predicted molar refractivity (Wildman–Crippen MR) is 193 cm³/mol. The molecule has 290 valence electrons. The Morgan fingerprint density at radius 3 is 1.96 bits per heavy atom. The van der Waals surface area contributed by atoms with Gasteiger partial charge in [-0.05, 0) is 81.6 Å². The lowest BCUT2D eigenvalue weighted by atomic mass is 10.0. The lowest BCUT2D eigenvalue weighted by Gasteiger charge is -2.28. The number of carbonyl (C=O) groups is 6. The van der Waals surface area contributed by atoms with Crippen LogP contribution in [0.15, 0.2) is 24.3 Å². The monoisotopic (exact) mass is 732 g/mol. The van der Waals surface area contributed by atoms with Crippen molar-refractivity contribution in [3.05, 3.63) is 29.8 Å². The molecule has 18 nitrogen and oxygen atoms in total. The molecule has 0 bridgehead atoms. The summed E-state index contributed by atoms with van der Waals surface area (Å²) in [5, 5.41) is 43.6. The Morgan fingerprint density at radius 2 is 1.42 bits per heavy atom. The van der Waals surface area contributed by atoms with Crippen LogP contribution in [0.3, 0.4) is 0 Å². The van der Waals surface area contributed by atoms with Gasteiger partial charge in [-0.2, -0.15) is 0 Å². The number of hydrogen-bond acceptors (Lipinski definition) is 11. The number of unbranched alkanes of at least 4 members (excludes halogenated alkanes) is 2. The van der Waals surface area contributed by atoms with Gasteiger partial charge in [-0.3, -0.25) is 29.4 Å². The van der Waals surface area contributed by atoms with Crippen molar-refractivity contribution in [2.45, 2.75) is 108 Å². The van der Waals surface area contributed by atoms with Crippen molar-refractivity contribution in [1.29, 1.82) is 5.41 Å². The number of carboxylic acid groups (broad SMARTS) is 1. The second-order valence-electron chi connectivity index (χ2n) is 13.4. The number of benzene rings is 1. The minimum Gasteiger partial charge on any atom is -0.508 e. The Hall–Kier alpha value is -4.81. The number of nitrogens with one attached hydrogen (secondary N) is 7. The Morgan fingerprint density at radius 1 is 0.865 bits per heavy atom. The summed E-state index contributed by atoms with van der Waals surface area (Å²) >= 11 is 0. The number of aliphatic carboxylic acids is 1. The molecule has 0 radical (unpaired) electrons. The molecule has 2 rings (SSSR count). The van der Waals surface area contributed by atoms with E-state index in [9.17, 15) is 39.0 Å². The van der Waals surface area contributed by atoms with Crippen molar-refractivity contribution in [3.63, 3.8) is 0 Å².